The summed E-state index contributed by atoms with van der Waals surface area (Å²) in [6.45, 7) is 4.57. The maximum atomic E-state index is 5.93. The van der Waals surface area contributed by atoms with Crippen LogP contribution in [0.2, 0.25) is 0 Å². The summed E-state index contributed by atoms with van der Waals surface area (Å²) in [5.41, 5.74) is 5.93. The Morgan fingerprint density at radius 2 is 2.10 bits per heavy atom. The molecule has 0 amide bonds. The van der Waals surface area contributed by atoms with Crippen molar-refractivity contribution in [2.24, 2.45) is 17.6 Å². The van der Waals surface area contributed by atoms with Gasteiger partial charge < -0.3 is 5.73 Å². The molecule has 0 aromatic carbocycles. The van der Waals surface area contributed by atoms with Crippen molar-refractivity contribution >= 4 is 0 Å². The van der Waals surface area contributed by atoms with Gasteiger partial charge >= 0.3 is 0 Å². The maximum Gasteiger partial charge on any atom is 0.00672 e. The SMILES string of the molecule is CC(C)CC1CCCC1N. The summed E-state index contributed by atoms with van der Waals surface area (Å²) < 4.78 is 0. The van der Waals surface area contributed by atoms with Gasteiger partial charge in [0.05, 0.1) is 0 Å². The highest BCUT2D eigenvalue weighted by Gasteiger charge is 2.23. The standard InChI is InChI=1S/C9H19N/c1-7(2)6-8-4-3-5-9(8)10/h7-9H,3-6,10H2,1-2H3. The predicted molar refractivity (Wildman–Crippen MR) is 44.8 cm³/mol. The monoisotopic (exact) mass is 141 g/mol. The van der Waals surface area contributed by atoms with Crippen LogP contribution in [0.15, 0.2) is 0 Å². The first-order chi connectivity index (χ1) is 4.70. The van der Waals surface area contributed by atoms with Crippen molar-refractivity contribution in [1.29, 1.82) is 0 Å². The molecule has 1 rings (SSSR count). The fourth-order valence-corrected chi connectivity index (χ4v) is 1.96. The van der Waals surface area contributed by atoms with Gasteiger partial charge in [0.1, 0.15) is 0 Å². The largest absolute Gasteiger partial charge is 0.327 e. The highest BCUT2D eigenvalue weighted by atomic mass is 14.7. The molecule has 10 heavy (non-hydrogen) atoms. The zero-order valence-corrected chi connectivity index (χ0v) is 7.14. The molecule has 1 saturated carbocycles. The second kappa shape index (κ2) is 3.38. The van der Waals surface area contributed by atoms with Gasteiger partial charge in [-0.25, -0.2) is 0 Å². The van der Waals surface area contributed by atoms with Gasteiger partial charge in [-0.15, -0.1) is 0 Å². The fraction of sp³-hybridized carbons (Fsp3) is 1.00. The van der Waals surface area contributed by atoms with Gasteiger partial charge in [-0.2, -0.15) is 0 Å². The minimum atomic E-state index is 0.516. The molecule has 1 aliphatic rings. The first-order valence-corrected chi connectivity index (χ1v) is 4.45. The molecule has 2 N–H and O–H groups in total. The van der Waals surface area contributed by atoms with E-state index in [2.05, 4.69) is 13.8 Å². The normalized spacial score (nSPS) is 33.6. The summed E-state index contributed by atoms with van der Waals surface area (Å²) in [7, 11) is 0. The lowest BCUT2D eigenvalue weighted by molar-refractivity contribution is 0.383. The van der Waals surface area contributed by atoms with E-state index in [0.29, 0.717) is 6.04 Å². The Labute approximate surface area is 64.0 Å². The Hall–Kier alpha value is -0.0400. The Morgan fingerprint density at radius 1 is 1.40 bits per heavy atom. The quantitative estimate of drug-likeness (QED) is 0.626. The third kappa shape index (κ3) is 1.98. The fourth-order valence-electron chi connectivity index (χ4n) is 1.96. The van der Waals surface area contributed by atoms with Gasteiger partial charge in [0.25, 0.3) is 0 Å². The van der Waals surface area contributed by atoms with Crippen LogP contribution in [0.1, 0.15) is 39.5 Å². The van der Waals surface area contributed by atoms with Gasteiger partial charge in [-0.05, 0) is 31.1 Å². The molecule has 60 valence electrons. The number of rotatable bonds is 2. The third-order valence-electron chi connectivity index (χ3n) is 2.49. The third-order valence-corrected chi connectivity index (χ3v) is 2.49. The first kappa shape index (κ1) is 8.06. The minimum Gasteiger partial charge on any atom is -0.327 e. The van der Waals surface area contributed by atoms with Crippen LogP contribution < -0.4 is 5.73 Å². The number of hydrogen-bond donors (Lipinski definition) is 1. The van der Waals surface area contributed by atoms with Crippen LogP contribution in [0.5, 0.6) is 0 Å². The van der Waals surface area contributed by atoms with Crippen molar-refractivity contribution in [3.8, 4) is 0 Å². The molecule has 1 fully saturated rings. The maximum absolute atomic E-state index is 5.93. The molecule has 0 aromatic rings. The molecule has 2 atom stereocenters. The minimum absolute atomic E-state index is 0.516. The summed E-state index contributed by atoms with van der Waals surface area (Å²) in [5, 5.41) is 0. The molecule has 0 heterocycles. The molecule has 0 spiro atoms. The molecule has 0 aromatic heterocycles. The number of hydrogen-bond acceptors (Lipinski definition) is 1. The second-order valence-corrected chi connectivity index (χ2v) is 3.98. The van der Waals surface area contributed by atoms with Crippen LogP contribution in [0, 0.1) is 11.8 Å². The molecule has 1 nitrogen and oxygen atoms in total. The zero-order chi connectivity index (χ0) is 7.56. The highest BCUT2D eigenvalue weighted by molar-refractivity contribution is 4.80. The molecule has 0 bridgehead atoms. The van der Waals surface area contributed by atoms with Crippen molar-refractivity contribution in [2.45, 2.75) is 45.6 Å². The van der Waals surface area contributed by atoms with Gasteiger partial charge in [0.15, 0.2) is 0 Å². The Balaban J connectivity index is 2.26. The molecule has 2 unspecified atom stereocenters. The average molecular weight is 141 g/mol. The van der Waals surface area contributed by atoms with Crippen LogP contribution in [0.25, 0.3) is 0 Å². The van der Waals surface area contributed by atoms with Crippen LogP contribution in [0.3, 0.4) is 0 Å². The number of nitrogens with two attached hydrogens (primary N) is 1. The van der Waals surface area contributed by atoms with E-state index in [1.54, 1.807) is 0 Å². The van der Waals surface area contributed by atoms with E-state index in [4.69, 9.17) is 5.73 Å². The molecule has 0 radical (unpaired) electrons. The Bertz CT molecular complexity index is 98.9. The summed E-state index contributed by atoms with van der Waals surface area (Å²) in [4.78, 5) is 0. The van der Waals surface area contributed by atoms with Crippen LogP contribution in [0.4, 0.5) is 0 Å². The van der Waals surface area contributed by atoms with E-state index in [1.165, 1.54) is 25.7 Å². The highest BCUT2D eigenvalue weighted by Crippen LogP contribution is 2.29. The first-order valence-electron chi connectivity index (χ1n) is 4.45. The van der Waals surface area contributed by atoms with Crippen molar-refractivity contribution in [1.82, 2.24) is 0 Å². The second-order valence-electron chi connectivity index (χ2n) is 3.98. The van der Waals surface area contributed by atoms with E-state index in [0.717, 1.165) is 11.8 Å². The van der Waals surface area contributed by atoms with E-state index >= 15 is 0 Å². The van der Waals surface area contributed by atoms with Gasteiger partial charge in [-0.1, -0.05) is 20.3 Å². The zero-order valence-electron chi connectivity index (χ0n) is 7.14. The molecule has 1 heteroatoms. The molecular formula is C9H19N. The van der Waals surface area contributed by atoms with Crippen LogP contribution in [-0.2, 0) is 0 Å². The average Bonchev–Trinajstić information content (AvgIpc) is 2.15. The van der Waals surface area contributed by atoms with Crippen LogP contribution >= 0.6 is 0 Å². The van der Waals surface area contributed by atoms with E-state index < -0.39 is 0 Å². The molecule has 0 aliphatic heterocycles. The van der Waals surface area contributed by atoms with E-state index in [-0.39, 0.29) is 0 Å². The van der Waals surface area contributed by atoms with Crippen molar-refractivity contribution in [3.05, 3.63) is 0 Å². The molecule has 1 aliphatic carbocycles. The summed E-state index contributed by atoms with van der Waals surface area (Å²) in [6, 6.07) is 0.516. The van der Waals surface area contributed by atoms with E-state index in [1.807, 2.05) is 0 Å². The Morgan fingerprint density at radius 3 is 2.50 bits per heavy atom. The molecule has 0 saturated heterocycles. The summed E-state index contributed by atoms with van der Waals surface area (Å²) >= 11 is 0. The lowest BCUT2D eigenvalue weighted by Gasteiger charge is -2.16. The van der Waals surface area contributed by atoms with E-state index in [9.17, 15) is 0 Å². The predicted octanol–water partition coefficient (Wildman–Crippen LogP) is 2.16. The molecular weight excluding hydrogens is 122 g/mol. The van der Waals surface area contributed by atoms with Crippen molar-refractivity contribution in [3.63, 3.8) is 0 Å². The Kier molecular flexibility index (Phi) is 2.72. The van der Waals surface area contributed by atoms with Gasteiger partial charge in [0, 0.05) is 6.04 Å². The lowest BCUT2D eigenvalue weighted by atomic mass is 9.93. The van der Waals surface area contributed by atoms with Crippen molar-refractivity contribution in [2.75, 3.05) is 0 Å². The lowest BCUT2D eigenvalue weighted by Crippen LogP contribution is -2.25. The summed E-state index contributed by atoms with van der Waals surface area (Å²) in [5.74, 6) is 1.66. The smallest absolute Gasteiger partial charge is 0.00672 e. The summed E-state index contributed by atoms with van der Waals surface area (Å²) in [6.07, 6.45) is 5.33. The van der Waals surface area contributed by atoms with Crippen LogP contribution in [-0.4, -0.2) is 6.04 Å². The van der Waals surface area contributed by atoms with Gasteiger partial charge in [0.2, 0.25) is 0 Å². The van der Waals surface area contributed by atoms with Crippen molar-refractivity contribution < 1.29 is 0 Å². The topological polar surface area (TPSA) is 26.0 Å². The van der Waals surface area contributed by atoms with Gasteiger partial charge in [-0.3, -0.25) is 0 Å².